The molecule has 0 aliphatic heterocycles. The van der Waals surface area contributed by atoms with Crippen molar-refractivity contribution in [2.75, 3.05) is 0 Å². The molecule has 0 unspecified atom stereocenters. The van der Waals surface area contributed by atoms with Crippen molar-refractivity contribution < 1.29 is 68.1 Å². The number of hydrogen-bond acceptors (Lipinski definition) is 11. The number of nitriles is 1. The Morgan fingerprint density at radius 1 is 0.583 bits per heavy atom. The van der Waals surface area contributed by atoms with E-state index in [1.165, 1.54) is 6.92 Å². The number of carbonyl (C=O) groups excluding carboxylic acids is 5. The van der Waals surface area contributed by atoms with Gasteiger partial charge in [0.2, 0.25) is 0 Å². The maximum atomic E-state index is 8.89. The van der Waals surface area contributed by atoms with Crippen LogP contribution in [-0.2, 0) is 42.5 Å². The quantitative estimate of drug-likeness (QED) is 0.380. The standard InChI is InChI=1S/C2H3N.5C2H4O2.V/c1-2-3;5*1-2(3)4;/h1H3;5*1H3,(H,3,4);/p-5. The number of carboxylic acid groups (broad SMARTS) is 5. The first kappa shape index (κ1) is 43.0. The van der Waals surface area contributed by atoms with Crippen LogP contribution in [0.3, 0.4) is 0 Å². The van der Waals surface area contributed by atoms with Crippen molar-refractivity contribution in [3.05, 3.63) is 0 Å². The average Bonchev–Trinajstić information content (AvgIpc) is 2.11. The first-order valence-electron chi connectivity index (χ1n) is 5.26. The van der Waals surface area contributed by atoms with Crippen LogP contribution < -0.4 is 25.5 Å². The Labute approximate surface area is 151 Å². The molecule has 24 heavy (non-hydrogen) atoms. The van der Waals surface area contributed by atoms with E-state index in [0.717, 1.165) is 34.6 Å². The Morgan fingerprint density at radius 2 is 0.583 bits per heavy atom. The summed E-state index contributed by atoms with van der Waals surface area (Å²) in [5, 5.41) is 51.8. The van der Waals surface area contributed by atoms with Gasteiger partial charge in [-0.2, -0.15) is 5.26 Å². The molecule has 0 N–H and O–H groups in total. The monoisotopic (exact) mass is 387 g/mol. The molecule has 0 spiro atoms. The molecule has 0 heterocycles. The van der Waals surface area contributed by atoms with E-state index in [1.807, 2.05) is 0 Å². The predicted molar refractivity (Wildman–Crippen MR) is 64.7 cm³/mol. The van der Waals surface area contributed by atoms with Gasteiger partial charge in [0.15, 0.2) is 0 Å². The third-order valence-corrected chi connectivity index (χ3v) is 0. The maximum Gasteiger partial charge on any atom is 0.0587 e. The van der Waals surface area contributed by atoms with E-state index in [1.54, 1.807) is 6.07 Å². The normalized spacial score (nSPS) is 5.54. The minimum atomic E-state index is -1.08. The zero-order valence-corrected chi connectivity index (χ0v) is 15.4. The SMILES string of the molecule is CC#N.CC(=O)[O-].CC(=O)[O-].CC(=O)[O-].CC(=O)[O-].CC(=O)[O-].[V]. The first-order valence-corrected chi connectivity index (χ1v) is 5.26. The van der Waals surface area contributed by atoms with Gasteiger partial charge in [0.05, 0.1) is 6.07 Å². The van der Waals surface area contributed by atoms with Gasteiger partial charge in [0.25, 0.3) is 0 Å². The Kier molecular flexibility index (Phi) is 76.5. The molecule has 0 bridgehead atoms. The molecule has 0 saturated carbocycles. The molecule has 1 radical (unpaired) electrons. The second-order valence-corrected chi connectivity index (χ2v) is 2.68. The van der Waals surface area contributed by atoms with Crippen molar-refractivity contribution in [2.45, 2.75) is 41.5 Å². The predicted octanol–water partition coefficient (Wildman–Crippen LogP) is -5.69. The van der Waals surface area contributed by atoms with Gasteiger partial charge >= 0.3 is 0 Å². The molecule has 12 heteroatoms. The minimum absolute atomic E-state index is 0. The van der Waals surface area contributed by atoms with Gasteiger partial charge in [-0.25, -0.2) is 0 Å². The van der Waals surface area contributed by atoms with Crippen LogP contribution in [0, 0.1) is 11.3 Å². The van der Waals surface area contributed by atoms with Crippen LogP contribution in [0.2, 0.25) is 0 Å². The molecule has 0 rings (SSSR count). The first-order chi connectivity index (χ1) is 10.1. The van der Waals surface area contributed by atoms with Crippen molar-refractivity contribution in [1.82, 2.24) is 0 Å². The van der Waals surface area contributed by atoms with E-state index in [0.29, 0.717) is 0 Å². The number of aliphatic carboxylic acids is 5. The van der Waals surface area contributed by atoms with Crippen molar-refractivity contribution in [3.63, 3.8) is 0 Å². The second kappa shape index (κ2) is 42.8. The third-order valence-electron chi connectivity index (χ3n) is 0. The van der Waals surface area contributed by atoms with E-state index in [-0.39, 0.29) is 18.6 Å². The van der Waals surface area contributed by atoms with Gasteiger partial charge in [-0.1, -0.05) is 0 Å². The zero-order valence-electron chi connectivity index (χ0n) is 14.0. The molecule has 0 aliphatic rings. The van der Waals surface area contributed by atoms with Crippen molar-refractivity contribution >= 4 is 29.8 Å². The van der Waals surface area contributed by atoms with Gasteiger partial charge < -0.3 is 49.5 Å². The Morgan fingerprint density at radius 3 is 0.583 bits per heavy atom. The summed E-state index contributed by atoms with van der Waals surface area (Å²) in [5.41, 5.74) is 0. The largest absolute Gasteiger partial charge is 0.550 e. The Bertz CT molecular complexity index is 287. The van der Waals surface area contributed by atoms with Crippen molar-refractivity contribution in [3.8, 4) is 6.07 Å². The summed E-state index contributed by atoms with van der Waals surface area (Å²) in [7, 11) is 0. The smallest absolute Gasteiger partial charge is 0.0587 e. The molecule has 141 valence electrons. The number of carboxylic acids is 5. The molecule has 0 aromatic heterocycles. The summed E-state index contributed by atoms with van der Waals surface area (Å²) < 4.78 is 0. The van der Waals surface area contributed by atoms with E-state index < -0.39 is 29.8 Å². The van der Waals surface area contributed by atoms with Crippen LogP contribution in [0.15, 0.2) is 0 Å². The molecule has 11 nitrogen and oxygen atoms in total. The van der Waals surface area contributed by atoms with Gasteiger partial charge in [-0.3, -0.25) is 0 Å². The zero-order chi connectivity index (χ0) is 20.6. The summed E-state index contributed by atoms with van der Waals surface area (Å²) in [6.07, 6.45) is 0. The van der Waals surface area contributed by atoms with Gasteiger partial charge in [-0.15, -0.1) is 0 Å². The van der Waals surface area contributed by atoms with Crippen LogP contribution in [-0.4, -0.2) is 29.8 Å². The van der Waals surface area contributed by atoms with E-state index >= 15 is 0 Å². The van der Waals surface area contributed by atoms with Crippen LogP contribution in [0.25, 0.3) is 0 Å². The summed E-state index contributed by atoms with van der Waals surface area (Å²) in [6.45, 7) is 6.29. The fourth-order valence-electron chi connectivity index (χ4n) is 0. The fraction of sp³-hybridized carbons (Fsp3) is 0.500. The summed E-state index contributed by atoms with van der Waals surface area (Å²) in [5.74, 6) is -5.42. The molecule has 0 amide bonds. The van der Waals surface area contributed by atoms with E-state index in [4.69, 9.17) is 54.8 Å². The molecule has 0 aliphatic carbocycles. The number of rotatable bonds is 0. The molecular formula is C12H18NO10V-5. The van der Waals surface area contributed by atoms with Crippen LogP contribution in [0.1, 0.15) is 41.5 Å². The van der Waals surface area contributed by atoms with Crippen LogP contribution in [0.4, 0.5) is 0 Å². The summed E-state index contributed by atoms with van der Waals surface area (Å²) in [4.78, 5) is 44.4. The molecular weight excluding hydrogens is 369 g/mol. The van der Waals surface area contributed by atoms with Crippen molar-refractivity contribution in [1.29, 1.82) is 5.26 Å². The van der Waals surface area contributed by atoms with Gasteiger partial charge in [0.1, 0.15) is 0 Å². The molecule has 0 aromatic carbocycles. The van der Waals surface area contributed by atoms with E-state index in [2.05, 4.69) is 0 Å². The fourth-order valence-corrected chi connectivity index (χ4v) is 0. The Hall–Kier alpha value is -2.58. The maximum absolute atomic E-state index is 8.89. The number of carbonyl (C=O) groups is 5. The minimum Gasteiger partial charge on any atom is -0.550 e. The molecule has 0 atom stereocenters. The molecule has 0 fully saturated rings. The number of nitrogens with zero attached hydrogens (tertiary/aromatic N) is 1. The molecule has 0 saturated heterocycles. The Balaban J connectivity index is -0.0000000287. The van der Waals surface area contributed by atoms with Gasteiger partial charge in [0, 0.05) is 55.3 Å². The van der Waals surface area contributed by atoms with Crippen molar-refractivity contribution in [2.24, 2.45) is 0 Å². The summed E-state index contributed by atoms with van der Waals surface area (Å²) in [6, 6.07) is 1.75. The van der Waals surface area contributed by atoms with E-state index in [9.17, 15) is 0 Å². The van der Waals surface area contributed by atoms with Crippen LogP contribution in [0.5, 0.6) is 0 Å². The van der Waals surface area contributed by atoms with Crippen LogP contribution >= 0.6 is 0 Å². The topological polar surface area (TPSA) is 224 Å². The third kappa shape index (κ3) is 994. The summed E-state index contributed by atoms with van der Waals surface area (Å²) >= 11 is 0. The molecule has 0 aromatic rings. The average molecular weight is 387 g/mol. The number of hydrogen-bond donors (Lipinski definition) is 0. The second-order valence-electron chi connectivity index (χ2n) is 2.68. The van der Waals surface area contributed by atoms with Gasteiger partial charge in [-0.05, 0) is 34.6 Å².